The van der Waals surface area contributed by atoms with Gasteiger partial charge in [0.2, 0.25) is 0 Å². The fraction of sp³-hybridized carbons (Fsp3) is 0.600. The lowest BCUT2D eigenvalue weighted by atomic mass is 9.72. The van der Waals surface area contributed by atoms with Crippen LogP contribution in [0.3, 0.4) is 0 Å². The highest BCUT2D eigenvalue weighted by atomic mass is 32.2. The second-order valence-electron chi connectivity index (χ2n) is 6.33. The summed E-state index contributed by atoms with van der Waals surface area (Å²) in [7, 11) is 0. The van der Waals surface area contributed by atoms with Crippen molar-refractivity contribution in [3.05, 3.63) is 35.4 Å². The quantitative estimate of drug-likeness (QED) is 0.712. The van der Waals surface area contributed by atoms with Gasteiger partial charge in [-0.25, -0.2) is 0 Å². The number of rotatable bonds is 0. The summed E-state index contributed by atoms with van der Waals surface area (Å²) in [5, 5.41) is 0. The van der Waals surface area contributed by atoms with Crippen molar-refractivity contribution in [3.8, 4) is 0 Å². The van der Waals surface area contributed by atoms with E-state index in [1.54, 1.807) is 0 Å². The lowest BCUT2D eigenvalue weighted by molar-refractivity contribution is 0.0165. The molecule has 0 N–H and O–H groups in total. The first-order valence-electron chi connectivity index (χ1n) is 6.97. The number of hydrogen-bond donors (Lipinski definition) is 0. The van der Waals surface area contributed by atoms with Gasteiger partial charge in [0.15, 0.2) is 0 Å². The summed E-state index contributed by atoms with van der Waals surface area (Å²) in [5.74, 6) is 3.07. The van der Waals surface area contributed by atoms with Gasteiger partial charge in [0.25, 0.3) is 0 Å². The van der Waals surface area contributed by atoms with Gasteiger partial charge in [0.1, 0.15) is 10.9 Å². The standard InChI is InChI=1S/C15H14O2S/c1-2-4-7-6(3-1)12-10-8-5-9-11(10)13(7)17-15(9)18-14(8)16-12/h1-4,8-15H,5H2/t8-,9+,10-,11+,12+,13-,14-,15+. The van der Waals surface area contributed by atoms with Gasteiger partial charge >= 0.3 is 0 Å². The highest BCUT2D eigenvalue weighted by molar-refractivity contribution is 8.00. The van der Waals surface area contributed by atoms with Crippen molar-refractivity contribution in [2.24, 2.45) is 23.7 Å². The molecule has 3 heteroatoms. The molecule has 2 nitrogen and oxygen atoms in total. The van der Waals surface area contributed by atoms with Gasteiger partial charge in [-0.3, -0.25) is 0 Å². The minimum Gasteiger partial charge on any atom is -0.359 e. The fourth-order valence-electron chi connectivity index (χ4n) is 5.30. The zero-order valence-electron chi connectivity index (χ0n) is 9.86. The first kappa shape index (κ1) is 9.40. The van der Waals surface area contributed by atoms with Gasteiger partial charge in [-0.05, 0) is 17.5 Å². The highest BCUT2D eigenvalue weighted by Crippen LogP contribution is 2.73. The Labute approximate surface area is 110 Å². The molecule has 1 aromatic carbocycles. The maximum atomic E-state index is 6.39. The van der Waals surface area contributed by atoms with E-state index in [1.807, 2.05) is 11.8 Å². The molecule has 1 aromatic rings. The van der Waals surface area contributed by atoms with Crippen LogP contribution in [0.4, 0.5) is 0 Å². The second kappa shape index (κ2) is 2.82. The molecule has 0 aromatic heterocycles. The van der Waals surface area contributed by atoms with Crippen LogP contribution < -0.4 is 0 Å². The second-order valence-corrected chi connectivity index (χ2v) is 7.53. The molecule has 4 fully saturated rings. The highest BCUT2D eigenvalue weighted by Gasteiger charge is 2.69. The van der Waals surface area contributed by atoms with Gasteiger partial charge in [0, 0.05) is 23.7 Å². The number of thioether (sulfide) groups is 1. The van der Waals surface area contributed by atoms with E-state index in [2.05, 4.69) is 24.3 Å². The molecule has 1 saturated carbocycles. The van der Waals surface area contributed by atoms with Gasteiger partial charge in [-0.1, -0.05) is 36.0 Å². The van der Waals surface area contributed by atoms with Crippen molar-refractivity contribution in [2.45, 2.75) is 29.5 Å². The van der Waals surface area contributed by atoms with Crippen molar-refractivity contribution >= 4 is 11.8 Å². The van der Waals surface area contributed by atoms with Gasteiger partial charge in [0.05, 0.1) is 12.2 Å². The molecular weight excluding hydrogens is 244 g/mol. The van der Waals surface area contributed by atoms with E-state index in [0.717, 1.165) is 23.7 Å². The third-order valence-corrected chi connectivity index (χ3v) is 7.27. The van der Waals surface area contributed by atoms with E-state index in [4.69, 9.17) is 9.47 Å². The Bertz CT molecular complexity index is 512. The van der Waals surface area contributed by atoms with E-state index in [0.29, 0.717) is 23.1 Å². The summed E-state index contributed by atoms with van der Waals surface area (Å²) in [5.41, 5.74) is 3.64. The summed E-state index contributed by atoms with van der Waals surface area (Å²) in [4.78, 5) is 0. The molecule has 3 aliphatic heterocycles. The molecule has 92 valence electrons. The Hall–Kier alpha value is -0.510. The van der Waals surface area contributed by atoms with Crippen LogP contribution in [0.15, 0.2) is 24.3 Å². The van der Waals surface area contributed by atoms with Crippen LogP contribution >= 0.6 is 11.8 Å². The van der Waals surface area contributed by atoms with Crippen LogP contribution in [-0.4, -0.2) is 10.9 Å². The third-order valence-electron chi connectivity index (χ3n) is 5.81. The van der Waals surface area contributed by atoms with Crippen LogP contribution in [-0.2, 0) is 9.47 Å². The monoisotopic (exact) mass is 258 g/mol. The number of ether oxygens (including phenoxy) is 2. The lowest BCUT2D eigenvalue weighted by Crippen LogP contribution is -2.29. The van der Waals surface area contributed by atoms with Crippen molar-refractivity contribution < 1.29 is 9.47 Å². The predicted octanol–water partition coefficient (Wildman–Crippen LogP) is 3.11. The van der Waals surface area contributed by atoms with Gasteiger partial charge < -0.3 is 9.47 Å². The number of benzene rings is 1. The Morgan fingerprint density at radius 2 is 1.44 bits per heavy atom. The average molecular weight is 258 g/mol. The molecule has 3 saturated heterocycles. The summed E-state index contributed by atoms with van der Waals surface area (Å²) >= 11 is 1.97. The molecule has 0 amide bonds. The van der Waals surface area contributed by atoms with Crippen molar-refractivity contribution in [3.63, 3.8) is 0 Å². The summed E-state index contributed by atoms with van der Waals surface area (Å²) in [6.45, 7) is 0. The smallest absolute Gasteiger partial charge is 0.109 e. The Morgan fingerprint density at radius 1 is 0.889 bits per heavy atom. The first-order chi connectivity index (χ1) is 8.92. The zero-order chi connectivity index (χ0) is 11.4. The molecule has 5 aliphatic rings. The molecule has 6 rings (SSSR count). The summed E-state index contributed by atoms with van der Waals surface area (Å²) < 4.78 is 12.8. The minimum absolute atomic E-state index is 0.359. The third kappa shape index (κ3) is 0.833. The van der Waals surface area contributed by atoms with E-state index in [9.17, 15) is 0 Å². The Kier molecular flexibility index (Phi) is 1.47. The predicted molar refractivity (Wildman–Crippen MR) is 67.8 cm³/mol. The molecule has 18 heavy (non-hydrogen) atoms. The largest absolute Gasteiger partial charge is 0.359 e. The Balaban J connectivity index is 1.68. The SMILES string of the molecule is c1ccc2c(c1)[C@H]1O[C@H]3S[C@H]4O[C@@H]2[C@@H]2[C@H]4C[C@H]3[C@@H]21. The van der Waals surface area contributed by atoms with Crippen molar-refractivity contribution in [1.29, 1.82) is 0 Å². The topological polar surface area (TPSA) is 18.5 Å². The van der Waals surface area contributed by atoms with Crippen LogP contribution in [0, 0.1) is 23.7 Å². The number of hydrogen-bond acceptors (Lipinski definition) is 3. The van der Waals surface area contributed by atoms with Gasteiger partial charge in [-0.15, -0.1) is 0 Å². The van der Waals surface area contributed by atoms with Crippen molar-refractivity contribution in [2.75, 3.05) is 0 Å². The molecule has 0 radical (unpaired) electrons. The molecule has 0 unspecified atom stereocenters. The molecule has 3 heterocycles. The fourth-order valence-corrected chi connectivity index (χ4v) is 6.92. The number of fused-ring (bicyclic) bond motifs is 3. The van der Waals surface area contributed by atoms with Crippen LogP contribution in [0.1, 0.15) is 29.8 Å². The Morgan fingerprint density at radius 3 is 2.00 bits per heavy atom. The maximum absolute atomic E-state index is 6.39. The van der Waals surface area contributed by atoms with E-state index < -0.39 is 0 Å². The molecular formula is C15H14O2S. The van der Waals surface area contributed by atoms with Gasteiger partial charge in [-0.2, -0.15) is 0 Å². The van der Waals surface area contributed by atoms with Crippen molar-refractivity contribution in [1.82, 2.24) is 0 Å². The average Bonchev–Trinajstić information content (AvgIpc) is 3.04. The maximum Gasteiger partial charge on any atom is 0.109 e. The van der Waals surface area contributed by atoms with Crippen LogP contribution in [0.2, 0.25) is 0 Å². The minimum atomic E-state index is 0.359. The zero-order valence-corrected chi connectivity index (χ0v) is 10.7. The molecule has 8 atom stereocenters. The van der Waals surface area contributed by atoms with Crippen LogP contribution in [0.5, 0.6) is 0 Å². The normalized spacial score (nSPS) is 57.1. The molecule has 0 spiro atoms. The van der Waals surface area contributed by atoms with E-state index in [-0.39, 0.29) is 0 Å². The van der Waals surface area contributed by atoms with E-state index in [1.165, 1.54) is 17.5 Å². The lowest BCUT2D eigenvalue weighted by Gasteiger charge is -2.35. The molecule has 2 aliphatic carbocycles. The van der Waals surface area contributed by atoms with E-state index >= 15 is 0 Å². The molecule has 2 bridgehead atoms. The van der Waals surface area contributed by atoms with Crippen LogP contribution in [0.25, 0.3) is 0 Å². The summed E-state index contributed by atoms with van der Waals surface area (Å²) in [6.07, 6.45) is 2.06. The first-order valence-corrected chi connectivity index (χ1v) is 7.91. The summed E-state index contributed by atoms with van der Waals surface area (Å²) in [6, 6.07) is 8.81.